The molecule has 9 nitrogen and oxygen atoms in total. The average molecular weight is 457 g/mol. The number of anilines is 3. The summed E-state index contributed by atoms with van der Waals surface area (Å²) in [6, 6.07) is 24.0. The summed E-state index contributed by atoms with van der Waals surface area (Å²) in [6.07, 6.45) is 0. The molecular formula is C25H24N6O3. The van der Waals surface area contributed by atoms with Crippen molar-refractivity contribution in [2.75, 3.05) is 16.8 Å². The summed E-state index contributed by atoms with van der Waals surface area (Å²) in [5.74, 6) is 0.387. The fourth-order valence-corrected chi connectivity index (χ4v) is 3.50. The Labute approximate surface area is 196 Å². The first kappa shape index (κ1) is 22.7. The van der Waals surface area contributed by atoms with Crippen molar-refractivity contribution in [1.29, 1.82) is 0 Å². The van der Waals surface area contributed by atoms with Crippen LogP contribution in [0.15, 0.2) is 78.9 Å². The van der Waals surface area contributed by atoms with E-state index < -0.39 is 4.92 Å². The van der Waals surface area contributed by atoms with Gasteiger partial charge in [0.25, 0.3) is 5.69 Å². The SMILES string of the molecule is Nc1nc(N)c(-c2ccc(NCc3ccc([N+](=O)[O-])cc3)cc2)c(COCc2ccccc2)n1. The molecule has 0 unspecified atom stereocenters. The summed E-state index contributed by atoms with van der Waals surface area (Å²) in [5, 5.41) is 14.1. The van der Waals surface area contributed by atoms with E-state index in [1.165, 1.54) is 12.1 Å². The molecule has 5 N–H and O–H groups in total. The van der Waals surface area contributed by atoms with Crippen LogP contribution in [0.2, 0.25) is 0 Å². The topological polar surface area (TPSA) is 142 Å². The summed E-state index contributed by atoms with van der Waals surface area (Å²) in [6.45, 7) is 1.21. The van der Waals surface area contributed by atoms with Gasteiger partial charge in [-0.25, -0.2) is 4.98 Å². The van der Waals surface area contributed by atoms with Crippen LogP contribution in [0.1, 0.15) is 16.8 Å². The first-order valence-electron chi connectivity index (χ1n) is 10.6. The van der Waals surface area contributed by atoms with E-state index in [1.807, 2.05) is 54.6 Å². The number of nitrogen functional groups attached to an aromatic ring is 2. The second-order valence-electron chi connectivity index (χ2n) is 7.62. The molecular weight excluding hydrogens is 432 g/mol. The van der Waals surface area contributed by atoms with E-state index in [2.05, 4.69) is 15.3 Å². The molecule has 9 heteroatoms. The number of hydrogen-bond acceptors (Lipinski definition) is 8. The Bertz CT molecular complexity index is 1260. The van der Waals surface area contributed by atoms with Crippen LogP contribution in [0, 0.1) is 10.1 Å². The molecule has 34 heavy (non-hydrogen) atoms. The van der Waals surface area contributed by atoms with E-state index in [4.69, 9.17) is 16.2 Å². The molecule has 0 saturated carbocycles. The summed E-state index contributed by atoms with van der Waals surface area (Å²) in [4.78, 5) is 18.9. The number of rotatable bonds is 9. The van der Waals surface area contributed by atoms with Gasteiger partial charge < -0.3 is 21.5 Å². The van der Waals surface area contributed by atoms with Gasteiger partial charge in [-0.3, -0.25) is 10.1 Å². The molecule has 0 aliphatic carbocycles. The van der Waals surface area contributed by atoms with Gasteiger partial charge in [0, 0.05) is 29.9 Å². The largest absolute Gasteiger partial charge is 0.383 e. The van der Waals surface area contributed by atoms with Gasteiger partial charge in [-0.1, -0.05) is 54.6 Å². The molecule has 0 bridgehead atoms. The molecule has 0 saturated heterocycles. The smallest absolute Gasteiger partial charge is 0.269 e. The quantitative estimate of drug-likeness (QED) is 0.246. The zero-order chi connectivity index (χ0) is 23.9. The molecule has 0 amide bonds. The van der Waals surface area contributed by atoms with Crippen LogP contribution in [-0.2, 0) is 24.5 Å². The third-order valence-electron chi connectivity index (χ3n) is 5.20. The van der Waals surface area contributed by atoms with Crippen molar-refractivity contribution in [2.45, 2.75) is 19.8 Å². The fourth-order valence-electron chi connectivity index (χ4n) is 3.50. The maximum absolute atomic E-state index is 10.8. The van der Waals surface area contributed by atoms with Crippen LogP contribution in [0.4, 0.5) is 23.1 Å². The van der Waals surface area contributed by atoms with Gasteiger partial charge in [0.05, 0.1) is 23.8 Å². The fraction of sp³-hybridized carbons (Fsp3) is 0.120. The van der Waals surface area contributed by atoms with Crippen molar-refractivity contribution in [3.8, 4) is 11.1 Å². The van der Waals surface area contributed by atoms with Crippen LogP contribution in [0.5, 0.6) is 0 Å². The Morgan fingerprint density at radius 2 is 1.56 bits per heavy atom. The molecule has 0 aliphatic heterocycles. The predicted octanol–water partition coefficient (Wildman–Crippen LogP) is 4.55. The van der Waals surface area contributed by atoms with E-state index in [9.17, 15) is 10.1 Å². The summed E-state index contributed by atoms with van der Waals surface area (Å²) in [7, 11) is 0. The van der Waals surface area contributed by atoms with Crippen LogP contribution < -0.4 is 16.8 Å². The minimum absolute atomic E-state index is 0.0694. The van der Waals surface area contributed by atoms with E-state index in [0.717, 1.165) is 22.4 Å². The Morgan fingerprint density at radius 3 is 2.24 bits per heavy atom. The van der Waals surface area contributed by atoms with Crippen LogP contribution >= 0.6 is 0 Å². The number of nitrogens with one attached hydrogen (secondary N) is 1. The highest BCUT2D eigenvalue weighted by atomic mass is 16.6. The number of non-ortho nitro benzene ring substituents is 1. The Morgan fingerprint density at radius 1 is 0.853 bits per heavy atom. The second-order valence-corrected chi connectivity index (χ2v) is 7.62. The molecule has 0 radical (unpaired) electrons. The lowest BCUT2D eigenvalue weighted by molar-refractivity contribution is -0.384. The van der Waals surface area contributed by atoms with Gasteiger partial charge in [-0.15, -0.1) is 0 Å². The highest BCUT2D eigenvalue weighted by Crippen LogP contribution is 2.30. The highest BCUT2D eigenvalue weighted by molar-refractivity contribution is 5.77. The van der Waals surface area contributed by atoms with Gasteiger partial charge in [-0.05, 0) is 28.8 Å². The van der Waals surface area contributed by atoms with Crippen molar-refractivity contribution in [1.82, 2.24) is 9.97 Å². The van der Waals surface area contributed by atoms with Crippen molar-refractivity contribution in [2.24, 2.45) is 0 Å². The number of ether oxygens (including phenoxy) is 1. The molecule has 1 aromatic heterocycles. The molecule has 4 aromatic rings. The Kier molecular flexibility index (Phi) is 6.95. The van der Waals surface area contributed by atoms with Crippen LogP contribution in [-0.4, -0.2) is 14.9 Å². The number of benzene rings is 3. The minimum Gasteiger partial charge on any atom is -0.383 e. The van der Waals surface area contributed by atoms with Crippen molar-refractivity contribution >= 4 is 23.1 Å². The lowest BCUT2D eigenvalue weighted by Gasteiger charge is -2.14. The molecule has 0 fully saturated rings. The summed E-state index contributed by atoms with van der Waals surface area (Å²) >= 11 is 0. The molecule has 3 aromatic carbocycles. The number of hydrogen-bond donors (Lipinski definition) is 3. The maximum atomic E-state index is 10.8. The monoisotopic (exact) mass is 456 g/mol. The molecule has 0 spiro atoms. The van der Waals surface area contributed by atoms with Crippen molar-refractivity contribution < 1.29 is 9.66 Å². The van der Waals surface area contributed by atoms with Crippen LogP contribution in [0.3, 0.4) is 0 Å². The first-order chi connectivity index (χ1) is 16.5. The van der Waals surface area contributed by atoms with Gasteiger partial charge in [-0.2, -0.15) is 4.98 Å². The number of nitro benzene ring substituents is 1. The molecule has 0 atom stereocenters. The molecule has 172 valence electrons. The Hall–Kier alpha value is -4.50. The highest BCUT2D eigenvalue weighted by Gasteiger charge is 2.14. The molecule has 0 aliphatic rings. The summed E-state index contributed by atoms with van der Waals surface area (Å²) in [5.41, 5.74) is 17.1. The number of nitrogens with zero attached hydrogens (tertiary/aromatic N) is 3. The normalized spacial score (nSPS) is 10.7. The van der Waals surface area contributed by atoms with Gasteiger partial charge in [0.2, 0.25) is 5.95 Å². The van der Waals surface area contributed by atoms with E-state index in [-0.39, 0.29) is 24.1 Å². The first-order valence-corrected chi connectivity index (χ1v) is 10.6. The minimum atomic E-state index is -0.413. The standard InChI is InChI=1S/C25H24N6O3/c26-24-23(22(29-25(27)30-24)16-34-15-18-4-2-1-3-5-18)19-8-10-20(11-9-19)28-14-17-6-12-21(13-7-17)31(32)33/h1-13,28H,14-16H2,(H4,26,27,29,30). The Balaban J connectivity index is 1.45. The van der Waals surface area contributed by atoms with Gasteiger partial charge in [0.1, 0.15) is 5.82 Å². The van der Waals surface area contributed by atoms with E-state index >= 15 is 0 Å². The van der Waals surface area contributed by atoms with Crippen LogP contribution in [0.25, 0.3) is 11.1 Å². The second kappa shape index (κ2) is 10.4. The third kappa shape index (κ3) is 5.64. The molecule has 1 heterocycles. The zero-order valence-electron chi connectivity index (χ0n) is 18.3. The lowest BCUT2D eigenvalue weighted by Crippen LogP contribution is -2.08. The van der Waals surface area contributed by atoms with E-state index in [1.54, 1.807) is 12.1 Å². The third-order valence-corrected chi connectivity index (χ3v) is 5.20. The molecule has 4 rings (SSSR count). The summed E-state index contributed by atoms with van der Waals surface area (Å²) < 4.78 is 5.86. The number of nitro groups is 1. The van der Waals surface area contributed by atoms with Crippen molar-refractivity contribution in [3.05, 3.63) is 106 Å². The average Bonchev–Trinajstić information content (AvgIpc) is 2.84. The number of aromatic nitrogens is 2. The van der Waals surface area contributed by atoms with E-state index in [0.29, 0.717) is 24.4 Å². The lowest BCUT2D eigenvalue weighted by atomic mass is 10.0. The van der Waals surface area contributed by atoms with Gasteiger partial charge >= 0.3 is 0 Å². The van der Waals surface area contributed by atoms with Gasteiger partial charge in [0.15, 0.2) is 0 Å². The van der Waals surface area contributed by atoms with Crippen molar-refractivity contribution in [3.63, 3.8) is 0 Å². The number of nitrogens with two attached hydrogens (primary N) is 2. The maximum Gasteiger partial charge on any atom is 0.269 e. The zero-order valence-corrected chi connectivity index (χ0v) is 18.3. The predicted molar refractivity (Wildman–Crippen MR) is 132 cm³/mol.